The van der Waals surface area contributed by atoms with Crippen molar-refractivity contribution in [2.75, 3.05) is 0 Å². The predicted molar refractivity (Wildman–Crippen MR) is 123 cm³/mol. The summed E-state index contributed by atoms with van der Waals surface area (Å²) in [4.78, 5) is 4.78. The van der Waals surface area contributed by atoms with Gasteiger partial charge in [-0.3, -0.25) is 9.67 Å². The first-order valence-electron chi connectivity index (χ1n) is 11.6. The third-order valence-corrected chi connectivity index (χ3v) is 7.06. The topological polar surface area (TPSA) is 71.8 Å². The number of hydrogen-bond donors (Lipinski definition) is 0. The van der Waals surface area contributed by atoms with Crippen molar-refractivity contribution in [2.24, 2.45) is 11.8 Å². The van der Waals surface area contributed by atoms with Crippen LogP contribution in [0.3, 0.4) is 0 Å². The lowest BCUT2D eigenvalue weighted by Crippen LogP contribution is -2.14. The fourth-order valence-electron chi connectivity index (χ4n) is 4.99. The summed E-state index contributed by atoms with van der Waals surface area (Å²) in [5, 5.41) is 18.4. The van der Waals surface area contributed by atoms with E-state index in [2.05, 4.69) is 51.4 Å². The lowest BCUT2D eigenvalue weighted by atomic mass is 9.80. The molecule has 0 radical (unpaired) electrons. The lowest BCUT2D eigenvalue weighted by molar-refractivity contribution is 0.378. The van der Waals surface area contributed by atoms with Crippen LogP contribution in [-0.4, -0.2) is 24.4 Å². The highest BCUT2D eigenvalue weighted by molar-refractivity contribution is 5.83. The number of nitrogens with zero attached hydrogens (tertiary/aromatic N) is 6. The van der Waals surface area contributed by atoms with Gasteiger partial charge in [0.1, 0.15) is 0 Å². The first kappa shape index (κ1) is 19.2. The first-order chi connectivity index (χ1) is 15.8. The number of nitriles is 1. The van der Waals surface area contributed by atoms with Gasteiger partial charge in [0.15, 0.2) is 0 Å². The standard InChI is InChI=1S/C26H26N6/c27-13-18-3-5-22(6-4-18)25-26-24(15-30-32(26)12-11-28-25)21-9-7-20(8-10-21)23-14-29-31(17-23)16-19-1-2-19/h7-12,14-15,17-19,22H,1-6,16H2. The van der Waals surface area contributed by atoms with Gasteiger partial charge in [0, 0.05) is 48.1 Å². The SMILES string of the molecule is N#CC1CCC(c2nccn3ncc(-c4ccc(-c5cnn(CC6CC6)c5)cc4)c23)CC1. The van der Waals surface area contributed by atoms with Crippen molar-refractivity contribution < 1.29 is 0 Å². The van der Waals surface area contributed by atoms with Crippen LogP contribution in [0.5, 0.6) is 0 Å². The van der Waals surface area contributed by atoms with Crippen LogP contribution in [0.4, 0.5) is 0 Å². The van der Waals surface area contributed by atoms with Gasteiger partial charge in [-0.25, -0.2) is 4.52 Å². The van der Waals surface area contributed by atoms with Crippen LogP contribution in [0.2, 0.25) is 0 Å². The van der Waals surface area contributed by atoms with Crippen molar-refractivity contribution in [3.8, 4) is 28.3 Å². The maximum absolute atomic E-state index is 9.24. The van der Waals surface area contributed by atoms with Crippen LogP contribution < -0.4 is 0 Å². The monoisotopic (exact) mass is 422 g/mol. The lowest BCUT2D eigenvalue weighted by Gasteiger charge is -2.24. The summed E-state index contributed by atoms with van der Waals surface area (Å²) in [6, 6.07) is 11.1. The Balaban J connectivity index is 1.30. The van der Waals surface area contributed by atoms with Gasteiger partial charge in [-0.15, -0.1) is 0 Å². The molecule has 0 N–H and O–H groups in total. The molecule has 1 aromatic carbocycles. The van der Waals surface area contributed by atoms with Gasteiger partial charge in [-0.2, -0.15) is 15.5 Å². The molecular formula is C26H26N6. The molecule has 6 nitrogen and oxygen atoms in total. The molecule has 2 saturated carbocycles. The molecule has 0 atom stereocenters. The molecule has 0 spiro atoms. The van der Waals surface area contributed by atoms with Gasteiger partial charge in [0.05, 0.1) is 29.7 Å². The summed E-state index contributed by atoms with van der Waals surface area (Å²) >= 11 is 0. The van der Waals surface area contributed by atoms with Crippen LogP contribution in [0.1, 0.15) is 50.1 Å². The van der Waals surface area contributed by atoms with Gasteiger partial charge in [0.2, 0.25) is 0 Å². The second-order valence-corrected chi connectivity index (χ2v) is 9.31. The van der Waals surface area contributed by atoms with Crippen molar-refractivity contribution >= 4 is 5.52 Å². The van der Waals surface area contributed by atoms with E-state index in [4.69, 9.17) is 4.98 Å². The Kier molecular flexibility index (Phi) is 4.75. The van der Waals surface area contributed by atoms with Gasteiger partial charge in [-0.1, -0.05) is 24.3 Å². The summed E-state index contributed by atoms with van der Waals surface area (Å²) < 4.78 is 4.02. The molecule has 3 heterocycles. The number of rotatable bonds is 5. The molecule has 0 aliphatic heterocycles. The highest BCUT2D eigenvalue weighted by atomic mass is 15.3. The summed E-state index contributed by atoms with van der Waals surface area (Å²) in [5.74, 6) is 1.39. The maximum Gasteiger partial charge on any atom is 0.0958 e. The highest BCUT2D eigenvalue weighted by Gasteiger charge is 2.26. The molecule has 4 aromatic rings. The molecular weight excluding hydrogens is 396 g/mol. The van der Waals surface area contributed by atoms with E-state index in [1.54, 1.807) is 0 Å². The van der Waals surface area contributed by atoms with E-state index < -0.39 is 0 Å². The van der Waals surface area contributed by atoms with Crippen LogP contribution in [0.15, 0.2) is 55.2 Å². The molecule has 6 heteroatoms. The van der Waals surface area contributed by atoms with E-state index in [1.807, 2.05) is 29.3 Å². The van der Waals surface area contributed by atoms with E-state index in [9.17, 15) is 5.26 Å². The normalized spacial score (nSPS) is 21.0. The molecule has 0 unspecified atom stereocenters. The van der Waals surface area contributed by atoms with E-state index in [1.165, 1.54) is 18.4 Å². The van der Waals surface area contributed by atoms with Gasteiger partial charge in [-0.05, 0) is 55.6 Å². The Labute approximate surface area is 187 Å². The fourth-order valence-corrected chi connectivity index (χ4v) is 4.99. The molecule has 0 amide bonds. The minimum absolute atomic E-state index is 0.191. The maximum atomic E-state index is 9.24. The Morgan fingerprint density at radius 2 is 1.69 bits per heavy atom. The van der Waals surface area contributed by atoms with Crippen molar-refractivity contribution in [3.63, 3.8) is 0 Å². The number of benzene rings is 1. The Morgan fingerprint density at radius 1 is 0.906 bits per heavy atom. The van der Waals surface area contributed by atoms with Gasteiger partial charge < -0.3 is 0 Å². The van der Waals surface area contributed by atoms with Crippen LogP contribution in [0.25, 0.3) is 27.8 Å². The molecule has 0 bridgehead atoms. The number of hydrogen-bond acceptors (Lipinski definition) is 4. The first-order valence-corrected chi connectivity index (χ1v) is 11.6. The summed E-state index contributed by atoms with van der Waals surface area (Å²) in [6.07, 6.45) is 16.4. The Bertz CT molecular complexity index is 1280. The van der Waals surface area contributed by atoms with Crippen LogP contribution in [0, 0.1) is 23.2 Å². The zero-order chi connectivity index (χ0) is 21.5. The molecule has 2 aliphatic carbocycles. The summed E-state index contributed by atoms with van der Waals surface area (Å²) in [7, 11) is 0. The second-order valence-electron chi connectivity index (χ2n) is 9.31. The van der Waals surface area contributed by atoms with Crippen molar-refractivity contribution in [1.82, 2.24) is 24.4 Å². The quantitative estimate of drug-likeness (QED) is 0.428. The zero-order valence-corrected chi connectivity index (χ0v) is 18.1. The largest absolute Gasteiger partial charge is 0.272 e. The van der Waals surface area contributed by atoms with E-state index in [0.717, 1.165) is 66.0 Å². The summed E-state index contributed by atoms with van der Waals surface area (Å²) in [5.41, 5.74) is 6.81. The molecule has 160 valence electrons. The summed E-state index contributed by atoms with van der Waals surface area (Å²) in [6.45, 7) is 1.03. The molecule has 0 saturated heterocycles. The van der Waals surface area contributed by atoms with Gasteiger partial charge in [0.25, 0.3) is 0 Å². The van der Waals surface area contributed by atoms with Crippen LogP contribution in [-0.2, 0) is 6.54 Å². The number of aromatic nitrogens is 5. The minimum Gasteiger partial charge on any atom is -0.272 e. The van der Waals surface area contributed by atoms with Crippen LogP contribution >= 0.6 is 0 Å². The fraction of sp³-hybridized carbons (Fsp3) is 0.385. The van der Waals surface area contributed by atoms with Crippen molar-refractivity contribution in [1.29, 1.82) is 5.26 Å². The zero-order valence-electron chi connectivity index (χ0n) is 18.1. The highest BCUT2D eigenvalue weighted by Crippen LogP contribution is 2.39. The average Bonchev–Trinajstić information content (AvgIpc) is 3.35. The predicted octanol–water partition coefficient (Wildman–Crippen LogP) is 5.47. The minimum atomic E-state index is 0.191. The van der Waals surface area contributed by atoms with E-state index in [0.29, 0.717) is 5.92 Å². The Hall–Kier alpha value is -3.46. The average molecular weight is 423 g/mol. The smallest absolute Gasteiger partial charge is 0.0958 e. The van der Waals surface area contributed by atoms with Gasteiger partial charge >= 0.3 is 0 Å². The third kappa shape index (κ3) is 3.58. The van der Waals surface area contributed by atoms with E-state index in [-0.39, 0.29) is 5.92 Å². The van der Waals surface area contributed by atoms with Crippen molar-refractivity contribution in [3.05, 3.63) is 60.9 Å². The molecule has 32 heavy (non-hydrogen) atoms. The third-order valence-electron chi connectivity index (χ3n) is 7.06. The second kappa shape index (κ2) is 7.90. The Morgan fingerprint density at radius 3 is 2.44 bits per heavy atom. The molecule has 2 aliphatic rings. The molecule has 6 rings (SSSR count). The number of fused-ring (bicyclic) bond motifs is 1. The molecule has 3 aromatic heterocycles. The van der Waals surface area contributed by atoms with Crippen molar-refractivity contribution in [2.45, 2.75) is 51.0 Å². The van der Waals surface area contributed by atoms with E-state index >= 15 is 0 Å². The molecule has 2 fully saturated rings.